The van der Waals surface area contributed by atoms with Crippen LogP contribution in [0.25, 0.3) is 0 Å². The third kappa shape index (κ3) is 5.10. The highest BCUT2D eigenvalue weighted by atomic mass is 32.1. The van der Waals surface area contributed by atoms with Crippen LogP contribution >= 0.6 is 11.3 Å². The highest BCUT2D eigenvalue weighted by molar-refractivity contribution is 7.09. The summed E-state index contributed by atoms with van der Waals surface area (Å²) in [5.74, 6) is 0. The Morgan fingerprint density at radius 3 is 2.69 bits per heavy atom. The van der Waals surface area contributed by atoms with Crippen molar-refractivity contribution < 1.29 is 0 Å². The van der Waals surface area contributed by atoms with E-state index in [-0.39, 0.29) is 0 Å². The maximum atomic E-state index is 3.48. The zero-order valence-electron chi connectivity index (χ0n) is 10.9. The molecule has 0 aromatic carbocycles. The lowest BCUT2D eigenvalue weighted by Crippen LogP contribution is -2.40. The Morgan fingerprint density at radius 1 is 1.38 bits per heavy atom. The van der Waals surface area contributed by atoms with Gasteiger partial charge in [0.1, 0.15) is 0 Å². The van der Waals surface area contributed by atoms with Crippen molar-refractivity contribution in [1.29, 1.82) is 0 Å². The zero-order valence-corrected chi connectivity index (χ0v) is 11.7. The van der Waals surface area contributed by atoms with Gasteiger partial charge in [-0.25, -0.2) is 0 Å². The number of hydrogen-bond acceptors (Lipinski definition) is 3. The fourth-order valence-corrected chi connectivity index (χ4v) is 2.22. The van der Waals surface area contributed by atoms with Crippen LogP contribution in [0.3, 0.4) is 0 Å². The molecule has 0 radical (unpaired) electrons. The van der Waals surface area contributed by atoms with Crippen LogP contribution in [0.1, 0.15) is 25.6 Å². The van der Waals surface area contributed by atoms with Gasteiger partial charge in [-0.15, -0.1) is 11.3 Å². The highest BCUT2D eigenvalue weighted by Gasteiger charge is 2.09. The van der Waals surface area contributed by atoms with Crippen LogP contribution in [0, 0.1) is 0 Å². The van der Waals surface area contributed by atoms with Crippen LogP contribution in [-0.2, 0) is 6.42 Å². The van der Waals surface area contributed by atoms with Gasteiger partial charge in [-0.05, 0) is 31.8 Å². The second-order valence-electron chi connectivity index (χ2n) is 4.72. The van der Waals surface area contributed by atoms with Crippen molar-refractivity contribution in [2.24, 2.45) is 0 Å². The molecule has 0 amide bonds. The maximum absolute atomic E-state index is 3.48. The van der Waals surface area contributed by atoms with Gasteiger partial charge in [-0.1, -0.05) is 19.9 Å². The molecule has 0 aliphatic heterocycles. The topological polar surface area (TPSA) is 15.3 Å². The highest BCUT2D eigenvalue weighted by Crippen LogP contribution is 2.10. The minimum atomic E-state index is 0.577. The molecule has 1 unspecified atom stereocenters. The Labute approximate surface area is 104 Å². The van der Waals surface area contributed by atoms with E-state index >= 15 is 0 Å². The van der Waals surface area contributed by atoms with Gasteiger partial charge in [0.05, 0.1) is 0 Å². The number of hydrogen-bond donors (Lipinski definition) is 1. The summed E-state index contributed by atoms with van der Waals surface area (Å²) in [6, 6.07) is 5.52. The largest absolute Gasteiger partial charge is 0.313 e. The van der Waals surface area contributed by atoms with E-state index in [9.17, 15) is 0 Å². The lowest BCUT2D eigenvalue weighted by atomic mass is 10.2. The molecule has 1 atom stereocenters. The molecule has 1 aromatic rings. The molecule has 1 N–H and O–H groups in total. The van der Waals surface area contributed by atoms with Crippen molar-refractivity contribution >= 4 is 11.3 Å². The minimum absolute atomic E-state index is 0.577. The van der Waals surface area contributed by atoms with E-state index in [4.69, 9.17) is 0 Å². The van der Waals surface area contributed by atoms with Gasteiger partial charge in [0.15, 0.2) is 0 Å². The summed E-state index contributed by atoms with van der Waals surface area (Å²) in [6.45, 7) is 8.88. The van der Waals surface area contributed by atoms with Crippen molar-refractivity contribution in [2.45, 2.75) is 39.3 Å². The smallest absolute Gasteiger partial charge is 0.0189 e. The van der Waals surface area contributed by atoms with Gasteiger partial charge < -0.3 is 10.2 Å². The van der Waals surface area contributed by atoms with E-state index in [1.54, 1.807) is 0 Å². The van der Waals surface area contributed by atoms with Crippen molar-refractivity contribution in [2.75, 3.05) is 20.1 Å². The molecule has 0 bridgehead atoms. The summed E-state index contributed by atoms with van der Waals surface area (Å²) in [6.07, 6.45) is 1.17. The molecule has 0 aliphatic carbocycles. The van der Waals surface area contributed by atoms with Crippen LogP contribution < -0.4 is 5.32 Å². The number of nitrogens with one attached hydrogen (secondary N) is 1. The van der Waals surface area contributed by atoms with E-state index in [2.05, 4.69) is 55.5 Å². The predicted octanol–water partition coefficient (Wildman–Crippen LogP) is 2.61. The lowest BCUT2D eigenvalue weighted by Gasteiger charge is -2.25. The molecule has 92 valence electrons. The third-order valence-electron chi connectivity index (χ3n) is 2.86. The first-order valence-electron chi connectivity index (χ1n) is 6.05. The number of likely N-dealkylation sites (N-methyl/N-ethyl adjacent to an activating group) is 1. The van der Waals surface area contributed by atoms with Gasteiger partial charge in [-0.2, -0.15) is 0 Å². The van der Waals surface area contributed by atoms with Gasteiger partial charge in [0.2, 0.25) is 0 Å². The van der Waals surface area contributed by atoms with Crippen molar-refractivity contribution in [3.8, 4) is 0 Å². The van der Waals surface area contributed by atoms with Crippen LogP contribution in [0.15, 0.2) is 17.5 Å². The molecule has 0 fully saturated rings. The van der Waals surface area contributed by atoms with Gasteiger partial charge in [0.25, 0.3) is 0 Å². The van der Waals surface area contributed by atoms with Crippen molar-refractivity contribution in [3.63, 3.8) is 0 Å². The zero-order chi connectivity index (χ0) is 12.0. The van der Waals surface area contributed by atoms with E-state index in [1.807, 2.05) is 11.3 Å². The van der Waals surface area contributed by atoms with E-state index in [1.165, 1.54) is 11.3 Å². The molecule has 0 saturated heterocycles. The summed E-state index contributed by atoms with van der Waals surface area (Å²) in [7, 11) is 2.21. The molecule has 0 spiro atoms. The van der Waals surface area contributed by atoms with Gasteiger partial charge in [0, 0.05) is 30.1 Å². The van der Waals surface area contributed by atoms with Crippen LogP contribution in [0.4, 0.5) is 0 Å². The minimum Gasteiger partial charge on any atom is -0.313 e. The van der Waals surface area contributed by atoms with Gasteiger partial charge >= 0.3 is 0 Å². The molecule has 2 nitrogen and oxygen atoms in total. The molecule has 0 saturated carbocycles. The first-order chi connectivity index (χ1) is 7.59. The first kappa shape index (κ1) is 13.7. The summed E-state index contributed by atoms with van der Waals surface area (Å²) in [4.78, 5) is 3.91. The normalized spacial score (nSPS) is 13.6. The Kier molecular flexibility index (Phi) is 6.03. The average molecular weight is 240 g/mol. The quantitative estimate of drug-likeness (QED) is 0.788. The first-order valence-corrected chi connectivity index (χ1v) is 6.93. The van der Waals surface area contributed by atoms with E-state index < -0.39 is 0 Å². The molecule has 1 heterocycles. The Balaban J connectivity index is 2.20. The van der Waals surface area contributed by atoms with Crippen LogP contribution in [0.5, 0.6) is 0 Å². The summed E-state index contributed by atoms with van der Waals surface area (Å²) >= 11 is 1.85. The average Bonchev–Trinajstić information content (AvgIpc) is 2.75. The SMILES string of the molecule is CC(C)NCC(C)N(C)CCc1cccs1. The molecule has 1 aromatic heterocycles. The monoisotopic (exact) mass is 240 g/mol. The number of nitrogens with zero attached hydrogens (tertiary/aromatic N) is 1. The van der Waals surface area contributed by atoms with Crippen LogP contribution in [0.2, 0.25) is 0 Å². The molecule has 1 rings (SSSR count). The van der Waals surface area contributed by atoms with Crippen molar-refractivity contribution in [3.05, 3.63) is 22.4 Å². The molecular formula is C13H24N2S. The standard InChI is InChI=1S/C13H24N2S/c1-11(2)14-10-12(3)15(4)8-7-13-6-5-9-16-13/h5-6,9,11-12,14H,7-8,10H2,1-4H3. The van der Waals surface area contributed by atoms with Crippen molar-refractivity contribution in [1.82, 2.24) is 10.2 Å². The third-order valence-corrected chi connectivity index (χ3v) is 3.80. The second-order valence-corrected chi connectivity index (χ2v) is 5.75. The Hall–Kier alpha value is -0.380. The molecule has 0 aliphatic rings. The predicted molar refractivity (Wildman–Crippen MR) is 73.3 cm³/mol. The van der Waals surface area contributed by atoms with Crippen LogP contribution in [-0.4, -0.2) is 37.1 Å². The fourth-order valence-electron chi connectivity index (χ4n) is 1.52. The molecule has 16 heavy (non-hydrogen) atoms. The number of rotatable bonds is 7. The van der Waals surface area contributed by atoms with Gasteiger partial charge in [-0.3, -0.25) is 0 Å². The molecule has 3 heteroatoms. The lowest BCUT2D eigenvalue weighted by molar-refractivity contribution is 0.250. The summed E-state index contributed by atoms with van der Waals surface area (Å²) < 4.78 is 0. The van der Waals surface area contributed by atoms with E-state index in [0.717, 1.165) is 13.1 Å². The molecular weight excluding hydrogens is 216 g/mol. The Bertz CT molecular complexity index is 269. The number of thiophene rings is 1. The second kappa shape index (κ2) is 7.05. The summed E-state index contributed by atoms with van der Waals surface area (Å²) in [5, 5.41) is 5.63. The Morgan fingerprint density at radius 2 is 2.12 bits per heavy atom. The fraction of sp³-hybridized carbons (Fsp3) is 0.692. The maximum Gasteiger partial charge on any atom is 0.0189 e. The van der Waals surface area contributed by atoms with E-state index in [0.29, 0.717) is 12.1 Å². The summed E-state index contributed by atoms with van der Waals surface area (Å²) in [5.41, 5.74) is 0.